The number of rotatable bonds is 7. The summed E-state index contributed by atoms with van der Waals surface area (Å²) in [4.78, 5) is 13.3. The van der Waals surface area contributed by atoms with E-state index in [1.165, 1.54) is 18.8 Å². The van der Waals surface area contributed by atoms with Crippen molar-refractivity contribution in [2.24, 2.45) is 0 Å². The van der Waals surface area contributed by atoms with Crippen LogP contribution in [0.5, 0.6) is 0 Å². The van der Waals surface area contributed by atoms with Gasteiger partial charge in [0, 0.05) is 55.7 Å². The highest BCUT2D eigenvalue weighted by Crippen LogP contribution is 2.39. The van der Waals surface area contributed by atoms with E-state index in [1.807, 2.05) is 12.3 Å². The molecule has 3 N–H and O–H groups in total. The number of aromatic nitrogens is 5. The van der Waals surface area contributed by atoms with Gasteiger partial charge in [-0.2, -0.15) is 18.3 Å². The van der Waals surface area contributed by atoms with Gasteiger partial charge in [0.2, 0.25) is 0 Å². The predicted octanol–water partition coefficient (Wildman–Crippen LogP) is 5.17. The molecule has 4 aromatic rings. The molecule has 0 saturated carbocycles. The molecule has 5 heterocycles. The zero-order valence-corrected chi connectivity index (χ0v) is 21.8. The Morgan fingerprint density at radius 2 is 1.77 bits per heavy atom. The topological polar surface area (TPSA) is 91.9 Å². The van der Waals surface area contributed by atoms with Gasteiger partial charge in [0.15, 0.2) is 0 Å². The third-order valence-electron chi connectivity index (χ3n) is 8.00. The van der Waals surface area contributed by atoms with Crippen LogP contribution < -0.4 is 10.6 Å². The van der Waals surface area contributed by atoms with E-state index in [1.54, 1.807) is 12.4 Å². The molecule has 0 bridgehead atoms. The Hall–Kier alpha value is -3.93. The zero-order chi connectivity index (χ0) is 27.9. The number of alkyl halides is 3. The van der Waals surface area contributed by atoms with E-state index in [4.69, 9.17) is 5.73 Å². The maximum absolute atomic E-state index is 14.0. The number of halogens is 4. The van der Waals surface area contributed by atoms with Crippen LogP contribution in [0.2, 0.25) is 0 Å². The van der Waals surface area contributed by atoms with Crippen molar-refractivity contribution in [1.29, 1.82) is 0 Å². The van der Waals surface area contributed by atoms with Crippen molar-refractivity contribution in [3.63, 3.8) is 0 Å². The Kier molecular flexibility index (Phi) is 6.95. The van der Waals surface area contributed by atoms with Crippen LogP contribution >= 0.6 is 0 Å². The number of nitrogen functional groups attached to an aromatic ring is 1. The van der Waals surface area contributed by atoms with Crippen LogP contribution in [0.1, 0.15) is 36.4 Å². The van der Waals surface area contributed by atoms with E-state index in [2.05, 4.69) is 34.5 Å². The van der Waals surface area contributed by atoms with Gasteiger partial charge < -0.3 is 20.1 Å². The smallest absolute Gasteiger partial charge is 0.383 e. The molecule has 0 spiro atoms. The summed E-state index contributed by atoms with van der Waals surface area (Å²) in [6, 6.07) is 5.21. The molecular weight excluding hydrogens is 524 g/mol. The second-order valence-electron chi connectivity index (χ2n) is 10.4. The average molecular weight is 555 g/mol. The highest BCUT2D eigenvalue weighted by molar-refractivity contribution is 5.83. The number of H-pyrrole nitrogens is 1. The molecule has 12 heteroatoms. The molecule has 0 atom stereocenters. The molecule has 6 rings (SSSR count). The summed E-state index contributed by atoms with van der Waals surface area (Å²) < 4.78 is 56.4. The number of nitrogens with zero attached hydrogens (tertiary/aromatic N) is 6. The lowest BCUT2D eigenvalue weighted by atomic mass is 9.92. The minimum Gasteiger partial charge on any atom is -0.383 e. The van der Waals surface area contributed by atoms with Crippen LogP contribution in [0.4, 0.5) is 29.2 Å². The minimum absolute atomic E-state index is 0.209. The third-order valence-corrected chi connectivity index (χ3v) is 8.00. The summed E-state index contributed by atoms with van der Waals surface area (Å²) in [7, 11) is 0. The van der Waals surface area contributed by atoms with Crippen LogP contribution in [0, 0.1) is 5.82 Å². The fourth-order valence-electron chi connectivity index (χ4n) is 5.68. The van der Waals surface area contributed by atoms with Crippen LogP contribution in [0.3, 0.4) is 0 Å². The number of benzene rings is 1. The van der Waals surface area contributed by atoms with Gasteiger partial charge >= 0.3 is 6.18 Å². The number of hydrogen-bond acceptors (Lipinski definition) is 6. The molecule has 3 aromatic heterocycles. The Balaban J connectivity index is 1.26. The first-order chi connectivity index (χ1) is 19.3. The maximum atomic E-state index is 14.0. The Morgan fingerprint density at radius 3 is 2.45 bits per heavy atom. The lowest BCUT2D eigenvalue weighted by Crippen LogP contribution is -2.39. The van der Waals surface area contributed by atoms with E-state index in [0.717, 1.165) is 86.9 Å². The first-order valence-corrected chi connectivity index (χ1v) is 13.4. The van der Waals surface area contributed by atoms with Crippen molar-refractivity contribution in [2.45, 2.75) is 37.9 Å². The lowest BCUT2D eigenvalue weighted by Gasteiger charge is -2.35. The first-order valence-electron chi connectivity index (χ1n) is 13.4. The molecule has 0 amide bonds. The molecule has 2 aliphatic heterocycles. The molecule has 2 fully saturated rings. The summed E-state index contributed by atoms with van der Waals surface area (Å²) in [6.07, 6.45) is 4.93. The van der Waals surface area contributed by atoms with Gasteiger partial charge in [0.25, 0.3) is 0 Å². The van der Waals surface area contributed by atoms with Gasteiger partial charge in [-0.25, -0.2) is 14.4 Å². The number of likely N-dealkylation sites (tertiary alicyclic amines) is 1. The number of anilines is 2. The minimum atomic E-state index is -4.75. The van der Waals surface area contributed by atoms with Gasteiger partial charge in [-0.05, 0) is 61.7 Å². The molecule has 8 nitrogen and oxygen atoms in total. The van der Waals surface area contributed by atoms with Gasteiger partial charge in [0.05, 0.1) is 17.3 Å². The fraction of sp³-hybridized carbons (Fsp3) is 0.393. The Labute approximate surface area is 228 Å². The Bertz CT molecular complexity index is 1470. The molecule has 0 unspecified atom stereocenters. The second-order valence-corrected chi connectivity index (χ2v) is 10.4. The van der Waals surface area contributed by atoms with Crippen molar-refractivity contribution in [3.8, 4) is 22.3 Å². The standard InChI is InChI=1S/C28H30F4N8/c29-23-3-2-19(12-22(23)28(30,31)32)20-13-24(40(16-20)11-10-38-6-1-7-38)18-4-8-39(9-5-18)27-25(21-14-36-37-15-21)26(33)34-17-35-27/h2-3,12-18H,1,4-11H2,(H,36,37)(H2,33,34,35). The van der Waals surface area contributed by atoms with Crippen molar-refractivity contribution in [2.75, 3.05) is 43.4 Å². The van der Waals surface area contributed by atoms with Crippen molar-refractivity contribution >= 4 is 11.6 Å². The van der Waals surface area contributed by atoms with Gasteiger partial charge in [-0.3, -0.25) is 5.10 Å². The number of nitrogens with one attached hydrogen (secondary N) is 1. The van der Waals surface area contributed by atoms with Gasteiger partial charge in [-0.15, -0.1) is 0 Å². The van der Waals surface area contributed by atoms with E-state index in [0.29, 0.717) is 16.9 Å². The molecule has 2 saturated heterocycles. The van der Waals surface area contributed by atoms with E-state index < -0.39 is 17.6 Å². The third kappa shape index (κ3) is 5.15. The molecule has 1 aromatic carbocycles. The second kappa shape index (κ2) is 10.6. The average Bonchev–Trinajstić information content (AvgIpc) is 3.58. The summed E-state index contributed by atoms with van der Waals surface area (Å²) in [6.45, 7) is 5.22. The van der Waals surface area contributed by atoms with Crippen LogP contribution in [0.25, 0.3) is 22.3 Å². The van der Waals surface area contributed by atoms with E-state index in [9.17, 15) is 17.6 Å². The van der Waals surface area contributed by atoms with Gasteiger partial charge in [0.1, 0.15) is 23.8 Å². The highest BCUT2D eigenvalue weighted by Gasteiger charge is 2.34. The maximum Gasteiger partial charge on any atom is 0.419 e. The predicted molar refractivity (Wildman–Crippen MR) is 144 cm³/mol. The highest BCUT2D eigenvalue weighted by atomic mass is 19.4. The van der Waals surface area contributed by atoms with E-state index >= 15 is 0 Å². The van der Waals surface area contributed by atoms with Gasteiger partial charge in [-0.1, -0.05) is 6.07 Å². The summed E-state index contributed by atoms with van der Waals surface area (Å²) in [5.41, 5.74) is 8.64. The van der Waals surface area contributed by atoms with Crippen LogP contribution in [-0.4, -0.2) is 62.4 Å². The Morgan fingerprint density at radius 1 is 0.975 bits per heavy atom. The number of aromatic amines is 1. The van der Waals surface area contributed by atoms with Crippen LogP contribution in [0.15, 0.2) is 49.2 Å². The fourth-order valence-corrected chi connectivity index (χ4v) is 5.68. The SMILES string of the molecule is Nc1ncnc(N2CCC(c3cc(-c4ccc(F)c(C(F)(F)F)c4)cn3CCN3CCC3)CC2)c1-c1cn[nH]c1. The molecule has 2 aliphatic rings. The van der Waals surface area contributed by atoms with E-state index in [-0.39, 0.29) is 5.92 Å². The summed E-state index contributed by atoms with van der Waals surface area (Å²) in [5.74, 6) is 0.0875. The largest absolute Gasteiger partial charge is 0.419 e. The van der Waals surface area contributed by atoms with Crippen LogP contribution in [-0.2, 0) is 12.7 Å². The zero-order valence-electron chi connectivity index (χ0n) is 21.8. The lowest BCUT2D eigenvalue weighted by molar-refractivity contribution is -0.139. The summed E-state index contributed by atoms with van der Waals surface area (Å²) in [5, 5.41) is 6.84. The molecule has 0 aliphatic carbocycles. The molecular formula is C28H30F4N8. The van der Waals surface area contributed by atoms with Crippen molar-refractivity contribution in [1.82, 2.24) is 29.6 Å². The van der Waals surface area contributed by atoms with Crippen molar-refractivity contribution < 1.29 is 17.6 Å². The number of nitrogens with two attached hydrogens (primary N) is 1. The number of hydrogen-bond donors (Lipinski definition) is 2. The molecule has 0 radical (unpaired) electrons. The molecule has 40 heavy (non-hydrogen) atoms. The normalized spacial score (nSPS) is 16.9. The monoisotopic (exact) mass is 554 g/mol. The number of piperidine rings is 1. The summed E-state index contributed by atoms with van der Waals surface area (Å²) >= 11 is 0. The first kappa shape index (κ1) is 26.3. The molecule has 210 valence electrons. The quantitative estimate of drug-likeness (QED) is 0.307. The van der Waals surface area contributed by atoms with Crippen molar-refractivity contribution in [3.05, 3.63) is 66.3 Å².